The number of aromatic nitrogens is 5. The molecule has 4 aromatic rings. The Kier molecular flexibility index (Phi) is 3.12. The summed E-state index contributed by atoms with van der Waals surface area (Å²) in [6.45, 7) is -0.00433. The first-order valence-electron chi connectivity index (χ1n) is 6.76. The maximum Gasteiger partial charge on any atom is 0.452 e. The number of fused-ring (bicyclic) bond motifs is 3. The molecule has 10 heteroatoms. The van der Waals surface area contributed by atoms with Crippen LogP contribution in [0, 0.1) is 0 Å². The normalized spacial score (nSPS) is 12.1. The zero-order valence-electron chi connectivity index (χ0n) is 11.9. The third kappa shape index (κ3) is 2.32. The molecule has 0 radical (unpaired) electrons. The minimum atomic E-state index is -4.69. The monoisotopic (exact) mass is 335 g/mol. The molecule has 0 aromatic carbocycles. The standard InChI is InChI=1S/C14H8F3N5O2/c15-14(16,17)13-21-20-11-12(24-7-8-3-2-6-23-8)19-9-4-1-5-18-10(9)22(11)13/h1-6H,7H2. The van der Waals surface area contributed by atoms with Gasteiger partial charge in [0.15, 0.2) is 5.65 Å². The number of pyridine rings is 1. The molecule has 0 saturated carbocycles. The molecule has 24 heavy (non-hydrogen) atoms. The van der Waals surface area contributed by atoms with Gasteiger partial charge in [0.25, 0.3) is 5.88 Å². The average molecular weight is 335 g/mol. The number of ether oxygens (including phenoxy) is 1. The van der Waals surface area contributed by atoms with Crippen LogP contribution in [0.3, 0.4) is 0 Å². The van der Waals surface area contributed by atoms with Gasteiger partial charge in [-0.25, -0.2) is 14.4 Å². The summed E-state index contributed by atoms with van der Waals surface area (Å²) >= 11 is 0. The Morgan fingerprint density at radius 2 is 2.00 bits per heavy atom. The first kappa shape index (κ1) is 14.4. The van der Waals surface area contributed by atoms with Crippen molar-refractivity contribution in [3.63, 3.8) is 0 Å². The molecule has 0 saturated heterocycles. The molecule has 4 heterocycles. The predicted octanol–water partition coefficient (Wildman–Crippen LogP) is 2.86. The summed E-state index contributed by atoms with van der Waals surface area (Å²) in [7, 11) is 0. The lowest BCUT2D eigenvalue weighted by molar-refractivity contribution is -0.145. The zero-order valence-corrected chi connectivity index (χ0v) is 11.9. The van der Waals surface area contributed by atoms with Crippen molar-refractivity contribution in [3.8, 4) is 5.88 Å². The van der Waals surface area contributed by atoms with Gasteiger partial charge in [0.05, 0.1) is 6.26 Å². The molecular formula is C14H8F3N5O2. The largest absolute Gasteiger partial charge is 0.467 e. The lowest BCUT2D eigenvalue weighted by Crippen LogP contribution is -2.12. The highest BCUT2D eigenvalue weighted by Crippen LogP contribution is 2.31. The summed E-state index contributed by atoms with van der Waals surface area (Å²) in [5, 5.41) is 6.80. The van der Waals surface area contributed by atoms with Crippen LogP contribution in [-0.4, -0.2) is 24.6 Å². The molecular weight excluding hydrogens is 327 g/mol. The molecule has 0 atom stereocenters. The smallest absolute Gasteiger partial charge is 0.452 e. The third-order valence-corrected chi connectivity index (χ3v) is 3.24. The minimum Gasteiger partial charge on any atom is -0.467 e. The van der Waals surface area contributed by atoms with E-state index in [-0.39, 0.29) is 29.3 Å². The molecule has 0 aliphatic rings. The summed E-state index contributed by atoms with van der Waals surface area (Å²) in [6.07, 6.45) is -1.86. The van der Waals surface area contributed by atoms with E-state index in [9.17, 15) is 13.2 Å². The van der Waals surface area contributed by atoms with Gasteiger partial charge in [-0.15, -0.1) is 10.2 Å². The van der Waals surface area contributed by atoms with Crippen molar-refractivity contribution in [2.45, 2.75) is 12.8 Å². The van der Waals surface area contributed by atoms with Crippen molar-refractivity contribution < 1.29 is 22.3 Å². The average Bonchev–Trinajstić information content (AvgIpc) is 3.21. The number of nitrogens with zero attached hydrogens (tertiary/aromatic N) is 5. The van der Waals surface area contributed by atoms with Crippen molar-refractivity contribution in [2.24, 2.45) is 0 Å². The number of furan rings is 1. The molecule has 0 bridgehead atoms. The highest BCUT2D eigenvalue weighted by Gasteiger charge is 2.38. The van der Waals surface area contributed by atoms with E-state index >= 15 is 0 Å². The molecule has 0 spiro atoms. The lowest BCUT2D eigenvalue weighted by atomic mass is 10.4. The first-order valence-corrected chi connectivity index (χ1v) is 6.76. The number of alkyl halides is 3. The number of rotatable bonds is 3. The second kappa shape index (κ2) is 5.18. The highest BCUT2D eigenvalue weighted by atomic mass is 19.4. The van der Waals surface area contributed by atoms with Gasteiger partial charge in [-0.05, 0) is 24.3 Å². The molecule has 0 amide bonds. The predicted molar refractivity (Wildman–Crippen MR) is 74.1 cm³/mol. The van der Waals surface area contributed by atoms with Crippen LogP contribution in [0.5, 0.6) is 5.88 Å². The van der Waals surface area contributed by atoms with E-state index < -0.39 is 12.0 Å². The van der Waals surface area contributed by atoms with E-state index in [1.54, 1.807) is 18.2 Å². The van der Waals surface area contributed by atoms with Crippen LogP contribution in [0.15, 0.2) is 41.1 Å². The van der Waals surface area contributed by atoms with Gasteiger partial charge >= 0.3 is 6.18 Å². The van der Waals surface area contributed by atoms with Crippen LogP contribution in [-0.2, 0) is 12.8 Å². The van der Waals surface area contributed by atoms with Gasteiger partial charge in [-0.1, -0.05) is 0 Å². The van der Waals surface area contributed by atoms with Crippen molar-refractivity contribution in [2.75, 3.05) is 0 Å². The Hall–Kier alpha value is -3.17. The molecule has 0 aliphatic heterocycles. The fourth-order valence-electron chi connectivity index (χ4n) is 2.25. The fraction of sp³-hybridized carbons (Fsp3) is 0.143. The van der Waals surface area contributed by atoms with Crippen LogP contribution >= 0.6 is 0 Å². The molecule has 0 unspecified atom stereocenters. The van der Waals surface area contributed by atoms with E-state index in [4.69, 9.17) is 9.15 Å². The summed E-state index contributed by atoms with van der Waals surface area (Å²) in [5.74, 6) is -0.779. The van der Waals surface area contributed by atoms with E-state index in [1.807, 2.05) is 0 Å². The maximum atomic E-state index is 13.2. The third-order valence-electron chi connectivity index (χ3n) is 3.24. The first-order chi connectivity index (χ1) is 11.5. The maximum absolute atomic E-state index is 13.2. The van der Waals surface area contributed by atoms with Gasteiger partial charge in [-0.3, -0.25) is 0 Å². The number of hydrogen-bond acceptors (Lipinski definition) is 6. The highest BCUT2D eigenvalue weighted by molar-refractivity contribution is 5.76. The van der Waals surface area contributed by atoms with Crippen LogP contribution in [0.4, 0.5) is 13.2 Å². The Bertz CT molecular complexity index is 1010. The zero-order chi connectivity index (χ0) is 16.7. The molecule has 7 nitrogen and oxygen atoms in total. The van der Waals surface area contributed by atoms with Crippen molar-refractivity contribution in [1.29, 1.82) is 0 Å². The van der Waals surface area contributed by atoms with Crippen molar-refractivity contribution in [3.05, 3.63) is 48.3 Å². The lowest BCUT2D eigenvalue weighted by Gasteiger charge is -2.09. The Balaban J connectivity index is 1.91. The van der Waals surface area contributed by atoms with E-state index in [2.05, 4.69) is 20.2 Å². The molecule has 4 aromatic heterocycles. The Morgan fingerprint density at radius 1 is 1.12 bits per heavy atom. The van der Waals surface area contributed by atoms with E-state index in [0.29, 0.717) is 5.76 Å². The molecule has 4 rings (SSSR count). The topological polar surface area (TPSA) is 78.3 Å². The minimum absolute atomic E-state index is 0.00433. The van der Waals surface area contributed by atoms with Crippen LogP contribution in [0.25, 0.3) is 16.8 Å². The fourth-order valence-corrected chi connectivity index (χ4v) is 2.25. The summed E-state index contributed by atoms with van der Waals surface area (Å²) in [4.78, 5) is 8.13. The molecule has 0 fully saturated rings. The Labute approximate surface area is 131 Å². The molecule has 122 valence electrons. The summed E-state index contributed by atoms with van der Waals surface area (Å²) < 4.78 is 51.0. The number of halogens is 3. The van der Waals surface area contributed by atoms with Crippen molar-refractivity contribution >= 4 is 16.8 Å². The quantitative estimate of drug-likeness (QED) is 0.573. The second-order valence-corrected chi connectivity index (χ2v) is 4.81. The van der Waals surface area contributed by atoms with E-state index in [0.717, 1.165) is 4.40 Å². The van der Waals surface area contributed by atoms with E-state index in [1.165, 1.54) is 18.5 Å². The summed E-state index contributed by atoms with van der Waals surface area (Å²) in [5.41, 5.74) is 0.0556. The van der Waals surface area contributed by atoms with Crippen LogP contribution in [0.2, 0.25) is 0 Å². The van der Waals surface area contributed by atoms with Crippen LogP contribution < -0.4 is 4.74 Å². The van der Waals surface area contributed by atoms with Gasteiger partial charge < -0.3 is 9.15 Å². The SMILES string of the molecule is FC(F)(F)c1nnc2c(OCc3ccco3)nc3cccnc3n12. The Morgan fingerprint density at radius 3 is 2.75 bits per heavy atom. The van der Waals surface area contributed by atoms with Gasteiger partial charge in [-0.2, -0.15) is 13.2 Å². The van der Waals surface area contributed by atoms with Crippen molar-refractivity contribution in [1.82, 2.24) is 24.6 Å². The van der Waals surface area contributed by atoms with Gasteiger partial charge in [0.1, 0.15) is 17.9 Å². The molecule has 0 N–H and O–H groups in total. The number of hydrogen-bond donors (Lipinski definition) is 0. The molecule has 0 aliphatic carbocycles. The second-order valence-electron chi connectivity index (χ2n) is 4.81. The van der Waals surface area contributed by atoms with Gasteiger partial charge in [0.2, 0.25) is 11.5 Å². The summed E-state index contributed by atoms with van der Waals surface area (Å²) in [6, 6.07) is 6.44. The van der Waals surface area contributed by atoms with Gasteiger partial charge in [0, 0.05) is 6.20 Å². The van der Waals surface area contributed by atoms with Crippen LogP contribution in [0.1, 0.15) is 11.6 Å².